The van der Waals surface area contributed by atoms with E-state index in [4.69, 9.17) is 11.6 Å². The fourth-order valence-electron chi connectivity index (χ4n) is 1.99. The van der Waals surface area contributed by atoms with Gasteiger partial charge in [0.2, 0.25) is 5.91 Å². The molecule has 104 valence electrons. The Morgan fingerprint density at radius 3 is 2.55 bits per heavy atom. The lowest BCUT2D eigenvalue weighted by Gasteiger charge is -2.14. The highest BCUT2D eigenvalue weighted by atomic mass is 35.5. The van der Waals surface area contributed by atoms with E-state index in [1.54, 1.807) is 24.5 Å². The molecule has 0 aliphatic heterocycles. The third-order valence-electron chi connectivity index (χ3n) is 2.98. The van der Waals surface area contributed by atoms with Crippen molar-refractivity contribution in [1.29, 1.82) is 0 Å². The number of amides is 1. The van der Waals surface area contributed by atoms with Crippen LogP contribution >= 0.6 is 11.6 Å². The van der Waals surface area contributed by atoms with Gasteiger partial charge >= 0.3 is 0 Å². The van der Waals surface area contributed by atoms with Gasteiger partial charge in [-0.1, -0.05) is 23.7 Å². The maximum Gasteiger partial charge on any atom is 0.224 e. The molecule has 1 aromatic heterocycles. The summed E-state index contributed by atoms with van der Waals surface area (Å²) in [7, 11) is 0. The summed E-state index contributed by atoms with van der Waals surface area (Å²) < 4.78 is 0. The SMILES string of the molecule is Cc1nccnc1[C@@H](C)NC(=O)Cc1ccc(Cl)cc1. The zero-order valence-corrected chi connectivity index (χ0v) is 12.2. The summed E-state index contributed by atoms with van der Waals surface area (Å²) in [6.07, 6.45) is 3.59. The molecule has 0 unspecified atom stereocenters. The van der Waals surface area contributed by atoms with Gasteiger partial charge < -0.3 is 5.32 Å². The second-order valence-corrected chi connectivity index (χ2v) is 5.06. The number of hydrogen-bond acceptors (Lipinski definition) is 3. The summed E-state index contributed by atoms with van der Waals surface area (Å²) in [5.41, 5.74) is 2.54. The minimum atomic E-state index is -0.163. The predicted octanol–water partition coefficient (Wildman–Crippen LogP) is 2.86. The number of hydrogen-bond donors (Lipinski definition) is 1. The van der Waals surface area contributed by atoms with Crippen LogP contribution in [0.15, 0.2) is 36.7 Å². The standard InChI is InChI=1S/C15H16ClN3O/c1-10-15(18-8-7-17-10)11(2)19-14(20)9-12-3-5-13(16)6-4-12/h3-8,11H,9H2,1-2H3,(H,19,20)/t11-/m1/s1. The molecule has 0 aliphatic carbocycles. The van der Waals surface area contributed by atoms with Crippen molar-refractivity contribution in [3.05, 3.63) is 58.6 Å². The van der Waals surface area contributed by atoms with Crippen molar-refractivity contribution < 1.29 is 4.79 Å². The molecule has 0 aliphatic rings. The molecule has 0 spiro atoms. The first-order valence-corrected chi connectivity index (χ1v) is 6.75. The lowest BCUT2D eigenvalue weighted by atomic mass is 10.1. The van der Waals surface area contributed by atoms with Gasteiger partial charge in [0.1, 0.15) is 0 Å². The number of halogens is 1. The molecule has 0 fully saturated rings. The number of aromatic nitrogens is 2. The van der Waals surface area contributed by atoms with Gasteiger partial charge in [-0.25, -0.2) is 0 Å². The Labute approximate surface area is 123 Å². The van der Waals surface area contributed by atoms with Gasteiger partial charge in [-0.3, -0.25) is 14.8 Å². The molecule has 1 amide bonds. The van der Waals surface area contributed by atoms with Crippen LogP contribution in [0.3, 0.4) is 0 Å². The lowest BCUT2D eigenvalue weighted by molar-refractivity contribution is -0.121. The van der Waals surface area contributed by atoms with Crippen molar-refractivity contribution in [1.82, 2.24) is 15.3 Å². The van der Waals surface area contributed by atoms with E-state index in [-0.39, 0.29) is 11.9 Å². The zero-order chi connectivity index (χ0) is 14.5. The van der Waals surface area contributed by atoms with Gasteiger partial charge in [0.05, 0.1) is 23.9 Å². The Kier molecular flexibility index (Phi) is 4.69. The van der Waals surface area contributed by atoms with E-state index in [9.17, 15) is 4.79 Å². The molecule has 1 aromatic carbocycles. The fourth-order valence-corrected chi connectivity index (χ4v) is 2.12. The summed E-state index contributed by atoms with van der Waals surface area (Å²) in [6, 6.07) is 7.09. The molecule has 0 radical (unpaired) electrons. The highest BCUT2D eigenvalue weighted by Crippen LogP contribution is 2.13. The molecule has 20 heavy (non-hydrogen) atoms. The third-order valence-corrected chi connectivity index (χ3v) is 3.24. The van der Waals surface area contributed by atoms with Gasteiger partial charge in [-0.2, -0.15) is 0 Å². The maximum absolute atomic E-state index is 12.0. The highest BCUT2D eigenvalue weighted by molar-refractivity contribution is 6.30. The van der Waals surface area contributed by atoms with Crippen molar-refractivity contribution in [3.63, 3.8) is 0 Å². The van der Waals surface area contributed by atoms with Gasteiger partial charge in [0.25, 0.3) is 0 Å². The Morgan fingerprint density at radius 1 is 1.25 bits per heavy atom. The molecular formula is C15H16ClN3O. The third kappa shape index (κ3) is 3.78. The molecule has 0 saturated heterocycles. The number of rotatable bonds is 4. The molecule has 1 atom stereocenters. The average molecular weight is 290 g/mol. The van der Waals surface area contributed by atoms with Crippen LogP contribution < -0.4 is 5.32 Å². The Morgan fingerprint density at radius 2 is 1.90 bits per heavy atom. The summed E-state index contributed by atoms with van der Waals surface area (Å²) in [5, 5.41) is 3.59. The topological polar surface area (TPSA) is 54.9 Å². The maximum atomic E-state index is 12.0. The van der Waals surface area contributed by atoms with Crippen molar-refractivity contribution in [2.45, 2.75) is 26.3 Å². The quantitative estimate of drug-likeness (QED) is 0.941. The second-order valence-electron chi connectivity index (χ2n) is 4.62. The molecule has 4 nitrogen and oxygen atoms in total. The van der Waals surface area contributed by atoms with Gasteiger partial charge in [-0.05, 0) is 31.5 Å². The first kappa shape index (κ1) is 14.5. The van der Waals surface area contributed by atoms with E-state index in [1.165, 1.54) is 0 Å². The Bertz CT molecular complexity index is 598. The summed E-state index contributed by atoms with van der Waals surface area (Å²) in [5.74, 6) is -0.0510. The minimum Gasteiger partial charge on any atom is -0.348 e. The van der Waals surface area contributed by atoms with Crippen LogP contribution in [-0.4, -0.2) is 15.9 Å². The number of nitrogens with zero attached hydrogens (tertiary/aromatic N) is 2. The molecule has 2 rings (SSSR count). The first-order valence-electron chi connectivity index (χ1n) is 6.37. The molecule has 1 heterocycles. The van der Waals surface area contributed by atoms with Crippen LogP contribution in [-0.2, 0) is 11.2 Å². The van der Waals surface area contributed by atoms with Crippen molar-refractivity contribution in [2.75, 3.05) is 0 Å². The van der Waals surface area contributed by atoms with Crippen molar-refractivity contribution >= 4 is 17.5 Å². The molecule has 5 heteroatoms. The normalized spacial score (nSPS) is 11.9. The van der Waals surface area contributed by atoms with E-state index >= 15 is 0 Å². The molecule has 1 N–H and O–H groups in total. The largest absolute Gasteiger partial charge is 0.348 e. The van der Waals surface area contributed by atoms with E-state index in [0.717, 1.165) is 17.0 Å². The van der Waals surface area contributed by atoms with Crippen LogP contribution in [0.25, 0.3) is 0 Å². The minimum absolute atomic E-state index is 0.0510. The summed E-state index contributed by atoms with van der Waals surface area (Å²) >= 11 is 5.81. The number of benzene rings is 1. The van der Waals surface area contributed by atoms with E-state index < -0.39 is 0 Å². The predicted molar refractivity (Wildman–Crippen MR) is 78.5 cm³/mol. The summed E-state index contributed by atoms with van der Waals surface area (Å²) in [6.45, 7) is 3.78. The Balaban J connectivity index is 1.98. The molecule has 0 bridgehead atoms. The summed E-state index contributed by atoms with van der Waals surface area (Å²) in [4.78, 5) is 20.4. The number of carbonyl (C=O) groups excluding carboxylic acids is 1. The van der Waals surface area contributed by atoms with E-state index in [1.807, 2.05) is 26.0 Å². The Hall–Kier alpha value is -1.94. The molecular weight excluding hydrogens is 274 g/mol. The number of nitrogens with one attached hydrogen (secondary N) is 1. The van der Waals surface area contributed by atoms with Crippen LogP contribution in [0.1, 0.15) is 29.9 Å². The molecule has 2 aromatic rings. The van der Waals surface area contributed by atoms with Crippen LogP contribution in [0, 0.1) is 6.92 Å². The average Bonchev–Trinajstić information content (AvgIpc) is 2.41. The smallest absolute Gasteiger partial charge is 0.224 e. The van der Waals surface area contributed by atoms with Crippen molar-refractivity contribution in [3.8, 4) is 0 Å². The van der Waals surface area contributed by atoms with Crippen LogP contribution in [0.5, 0.6) is 0 Å². The monoisotopic (exact) mass is 289 g/mol. The van der Waals surface area contributed by atoms with Crippen LogP contribution in [0.4, 0.5) is 0 Å². The zero-order valence-electron chi connectivity index (χ0n) is 11.4. The van der Waals surface area contributed by atoms with Gasteiger partial charge in [-0.15, -0.1) is 0 Å². The lowest BCUT2D eigenvalue weighted by Crippen LogP contribution is -2.29. The van der Waals surface area contributed by atoms with E-state index in [0.29, 0.717) is 11.4 Å². The van der Waals surface area contributed by atoms with Gasteiger partial charge in [0, 0.05) is 17.4 Å². The fraction of sp³-hybridized carbons (Fsp3) is 0.267. The number of carbonyl (C=O) groups is 1. The number of aryl methyl sites for hydroxylation is 1. The highest BCUT2D eigenvalue weighted by Gasteiger charge is 2.13. The molecule has 0 saturated carbocycles. The van der Waals surface area contributed by atoms with Gasteiger partial charge in [0.15, 0.2) is 0 Å². The first-order chi connectivity index (χ1) is 9.56. The van der Waals surface area contributed by atoms with E-state index in [2.05, 4.69) is 15.3 Å². The van der Waals surface area contributed by atoms with Crippen LogP contribution in [0.2, 0.25) is 5.02 Å². The second kappa shape index (κ2) is 6.48. The van der Waals surface area contributed by atoms with Crippen molar-refractivity contribution in [2.24, 2.45) is 0 Å².